The molecular formula is C17H17N3O2S. The number of aromatic nitrogens is 1. The quantitative estimate of drug-likeness (QED) is 0.941. The van der Waals surface area contributed by atoms with Gasteiger partial charge in [-0.2, -0.15) is 0 Å². The minimum Gasteiger partial charge on any atom is -0.324 e. The summed E-state index contributed by atoms with van der Waals surface area (Å²) >= 11 is 1.40. The van der Waals surface area contributed by atoms with E-state index in [0.717, 1.165) is 21.8 Å². The Hall–Kier alpha value is -2.34. The zero-order valence-corrected chi connectivity index (χ0v) is 13.8. The highest BCUT2D eigenvalue weighted by Crippen LogP contribution is 2.32. The Balaban J connectivity index is 1.79. The standard InChI is InChI=1S/C17H17N3O2S/c1-11-5-3-6-12(2)16(11)19-14(21)9-20-13-7-4-8-18-17(13)23-10-15(20)22/h3-8H,9-10H2,1-2H3,(H,19,21). The molecule has 118 valence electrons. The highest BCUT2D eigenvalue weighted by molar-refractivity contribution is 8.00. The van der Waals surface area contributed by atoms with Crippen LogP contribution in [0.5, 0.6) is 0 Å². The molecule has 1 aromatic heterocycles. The summed E-state index contributed by atoms with van der Waals surface area (Å²) in [6.45, 7) is 3.89. The van der Waals surface area contributed by atoms with Crippen LogP contribution in [0.4, 0.5) is 11.4 Å². The lowest BCUT2D eigenvalue weighted by Gasteiger charge is -2.27. The number of fused-ring (bicyclic) bond motifs is 1. The van der Waals surface area contributed by atoms with Crippen LogP contribution in [-0.4, -0.2) is 29.1 Å². The van der Waals surface area contributed by atoms with Gasteiger partial charge in [0.2, 0.25) is 11.8 Å². The summed E-state index contributed by atoms with van der Waals surface area (Å²) in [6.07, 6.45) is 1.69. The van der Waals surface area contributed by atoms with Crippen LogP contribution < -0.4 is 10.2 Å². The SMILES string of the molecule is Cc1cccc(C)c1NC(=O)CN1C(=O)CSc2ncccc21. The van der Waals surface area contributed by atoms with E-state index in [0.29, 0.717) is 11.4 Å². The maximum atomic E-state index is 12.4. The number of amides is 2. The van der Waals surface area contributed by atoms with E-state index in [9.17, 15) is 9.59 Å². The number of benzene rings is 1. The molecule has 0 atom stereocenters. The topological polar surface area (TPSA) is 62.3 Å². The number of para-hydroxylation sites is 1. The molecule has 0 bridgehead atoms. The van der Waals surface area contributed by atoms with Crippen LogP contribution in [-0.2, 0) is 9.59 Å². The second-order valence-corrected chi connectivity index (χ2v) is 6.38. The molecule has 0 spiro atoms. The molecule has 23 heavy (non-hydrogen) atoms. The van der Waals surface area contributed by atoms with Crippen LogP contribution in [0, 0.1) is 13.8 Å². The van der Waals surface area contributed by atoms with Crippen LogP contribution >= 0.6 is 11.8 Å². The van der Waals surface area contributed by atoms with E-state index in [1.165, 1.54) is 16.7 Å². The Morgan fingerprint density at radius 1 is 1.26 bits per heavy atom. The van der Waals surface area contributed by atoms with Crippen molar-refractivity contribution in [1.82, 2.24) is 4.98 Å². The van der Waals surface area contributed by atoms with Crippen molar-refractivity contribution in [3.05, 3.63) is 47.7 Å². The number of anilines is 2. The van der Waals surface area contributed by atoms with Gasteiger partial charge in [0.1, 0.15) is 11.6 Å². The average Bonchev–Trinajstić information content (AvgIpc) is 2.54. The normalized spacial score (nSPS) is 13.7. The molecule has 1 aliphatic heterocycles. The Labute approximate surface area is 139 Å². The smallest absolute Gasteiger partial charge is 0.244 e. The van der Waals surface area contributed by atoms with E-state index >= 15 is 0 Å². The minimum atomic E-state index is -0.211. The van der Waals surface area contributed by atoms with Gasteiger partial charge < -0.3 is 5.32 Å². The molecule has 1 aromatic carbocycles. The van der Waals surface area contributed by atoms with Crippen LogP contribution in [0.3, 0.4) is 0 Å². The van der Waals surface area contributed by atoms with Gasteiger partial charge in [-0.25, -0.2) is 4.98 Å². The van der Waals surface area contributed by atoms with E-state index in [2.05, 4.69) is 10.3 Å². The molecule has 0 fully saturated rings. The van der Waals surface area contributed by atoms with Crippen molar-refractivity contribution < 1.29 is 9.59 Å². The molecular weight excluding hydrogens is 310 g/mol. The van der Waals surface area contributed by atoms with Gasteiger partial charge in [0.25, 0.3) is 0 Å². The summed E-state index contributed by atoms with van der Waals surface area (Å²) in [5.41, 5.74) is 3.51. The number of nitrogens with one attached hydrogen (secondary N) is 1. The number of rotatable bonds is 3. The van der Waals surface area contributed by atoms with Gasteiger partial charge in [0.05, 0.1) is 11.4 Å². The van der Waals surface area contributed by atoms with Gasteiger partial charge in [0.15, 0.2) is 0 Å². The Morgan fingerprint density at radius 3 is 2.74 bits per heavy atom. The fourth-order valence-electron chi connectivity index (χ4n) is 2.55. The third kappa shape index (κ3) is 3.22. The second-order valence-electron chi connectivity index (χ2n) is 5.41. The summed E-state index contributed by atoms with van der Waals surface area (Å²) in [4.78, 5) is 30.3. The second kappa shape index (κ2) is 6.42. The third-order valence-corrected chi connectivity index (χ3v) is 4.70. The number of aryl methyl sites for hydroxylation is 2. The van der Waals surface area contributed by atoms with E-state index in [1.54, 1.807) is 12.3 Å². The molecule has 2 aromatic rings. The minimum absolute atomic E-state index is 0.00807. The summed E-state index contributed by atoms with van der Waals surface area (Å²) < 4.78 is 0. The molecule has 0 saturated carbocycles. The maximum Gasteiger partial charge on any atom is 0.244 e. The average molecular weight is 327 g/mol. The highest BCUT2D eigenvalue weighted by atomic mass is 32.2. The van der Waals surface area contributed by atoms with Crippen molar-refractivity contribution >= 4 is 35.0 Å². The van der Waals surface area contributed by atoms with Crippen LogP contribution in [0.25, 0.3) is 0 Å². The third-order valence-electron chi connectivity index (χ3n) is 3.72. The van der Waals surface area contributed by atoms with Gasteiger partial charge in [-0.15, -0.1) is 0 Å². The fraction of sp³-hybridized carbons (Fsp3) is 0.235. The van der Waals surface area contributed by atoms with Crippen molar-refractivity contribution in [1.29, 1.82) is 0 Å². The zero-order valence-electron chi connectivity index (χ0n) is 13.0. The zero-order chi connectivity index (χ0) is 16.4. The molecule has 6 heteroatoms. The summed E-state index contributed by atoms with van der Waals surface area (Å²) in [6, 6.07) is 9.44. The number of carbonyl (C=O) groups is 2. The van der Waals surface area contributed by atoms with Crippen LogP contribution in [0.15, 0.2) is 41.6 Å². The molecule has 3 rings (SSSR count). The van der Waals surface area contributed by atoms with E-state index in [1.807, 2.05) is 38.1 Å². The number of pyridine rings is 1. The van der Waals surface area contributed by atoms with Gasteiger partial charge in [-0.05, 0) is 37.1 Å². The fourth-order valence-corrected chi connectivity index (χ4v) is 3.43. The van der Waals surface area contributed by atoms with Crippen molar-refractivity contribution in [2.75, 3.05) is 22.5 Å². The summed E-state index contributed by atoms with van der Waals surface area (Å²) in [7, 11) is 0. The van der Waals surface area contributed by atoms with Gasteiger partial charge >= 0.3 is 0 Å². The van der Waals surface area contributed by atoms with Crippen LogP contribution in [0.2, 0.25) is 0 Å². The predicted molar refractivity (Wildman–Crippen MR) is 91.9 cm³/mol. The molecule has 0 saturated heterocycles. The van der Waals surface area contributed by atoms with Crippen LogP contribution in [0.1, 0.15) is 11.1 Å². The van der Waals surface area contributed by atoms with Crippen molar-refractivity contribution in [2.24, 2.45) is 0 Å². The summed E-state index contributed by atoms with van der Waals surface area (Å²) in [5, 5.41) is 3.70. The van der Waals surface area contributed by atoms with Crippen molar-refractivity contribution in [3.63, 3.8) is 0 Å². The van der Waals surface area contributed by atoms with Crippen molar-refractivity contribution in [2.45, 2.75) is 18.9 Å². The number of hydrogen-bond donors (Lipinski definition) is 1. The van der Waals surface area contributed by atoms with Gasteiger partial charge in [-0.1, -0.05) is 30.0 Å². The molecule has 5 nitrogen and oxygen atoms in total. The largest absolute Gasteiger partial charge is 0.324 e. The summed E-state index contributed by atoms with van der Waals surface area (Å²) in [5.74, 6) is 0.0188. The Bertz CT molecular complexity index is 756. The first-order valence-electron chi connectivity index (χ1n) is 7.30. The number of hydrogen-bond acceptors (Lipinski definition) is 4. The molecule has 1 N–H and O–H groups in total. The molecule has 2 heterocycles. The first-order chi connectivity index (χ1) is 11.1. The Kier molecular flexibility index (Phi) is 4.34. The molecule has 0 unspecified atom stereocenters. The van der Waals surface area contributed by atoms with Gasteiger partial charge in [-0.3, -0.25) is 14.5 Å². The monoisotopic (exact) mass is 327 g/mol. The van der Waals surface area contributed by atoms with E-state index in [-0.39, 0.29) is 18.4 Å². The van der Waals surface area contributed by atoms with E-state index in [4.69, 9.17) is 0 Å². The molecule has 0 radical (unpaired) electrons. The first kappa shape index (κ1) is 15.6. The molecule has 0 aliphatic carbocycles. The lowest BCUT2D eigenvalue weighted by atomic mass is 10.1. The molecule has 2 amide bonds. The van der Waals surface area contributed by atoms with Gasteiger partial charge in [0, 0.05) is 11.9 Å². The highest BCUT2D eigenvalue weighted by Gasteiger charge is 2.27. The predicted octanol–water partition coefficient (Wildman–Crippen LogP) is 2.78. The lowest BCUT2D eigenvalue weighted by molar-refractivity contribution is -0.120. The first-order valence-corrected chi connectivity index (χ1v) is 8.29. The lowest BCUT2D eigenvalue weighted by Crippen LogP contribution is -2.41. The number of nitrogens with zero attached hydrogens (tertiary/aromatic N) is 2. The van der Waals surface area contributed by atoms with Crippen molar-refractivity contribution in [3.8, 4) is 0 Å². The maximum absolute atomic E-state index is 12.4. The van der Waals surface area contributed by atoms with E-state index < -0.39 is 0 Å². The number of thioether (sulfide) groups is 1. The number of carbonyl (C=O) groups excluding carboxylic acids is 2. The molecule has 1 aliphatic rings. The Morgan fingerprint density at radius 2 is 2.00 bits per heavy atom.